The van der Waals surface area contributed by atoms with E-state index in [-0.39, 0.29) is 11.8 Å². The average molecular weight is 599 g/mol. The van der Waals surface area contributed by atoms with E-state index in [1.807, 2.05) is 80.6 Å². The van der Waals surface area contributed by atoms with Crippen molar-refractivity contribution in [2.75, 3.05) is 14.2 Å². The van der Waals surface area contributed by atoms with Crippen LogP contribution < -0.4 is 20.2 Å². The van der Waals surface area contributed by atoms with Gasteiger partial charge in [-0.25, -0.2) is 5.43 Å². The number of methoxy groups -OCH3 is 2. The molecule has 2 amide bonds. The van der Waals surface area contributed by atoms with Gasteiger partial charge in [0.05, 0.1) is 29.9 Å². The Morgan fingerprint density at radius 1 is 0.889 bits per heavy atom. The molecule has 7 nitrogen and oxygen atoms in total. The number of carbonyl (C=O) groups excluding carboxylic acids is 2. The third kappa shape index (κ3) is 6.84. The number of hydrogen-bond donors (Lipinski definition) is 2. The molecule has 1 atom stereocenters. The van der Waals surface area contributed by atoms with Gasteiger partial charge in [-0.2, -0.15) is 5.10 Å². The van der Waals surface area contributed by atoms with Gasteiger partial charge in [-0.3, -0.25) is 9.59 Å². The normalized spacial score (nSPS) is 12.0. The highest BCUT2D eigenvalue weighted by Crippen LogP contribution is 2.33. The molecule has 0 aliphatic rings. The molecule has 188 valence electrons. The fourth-order valence-corrected chi connectivity index (χ4v) is 4.66. The van der Waals surface area contributed by atoms with Gasteiger partial charge in [0, 0.05) is 0 Å². The van der Waals surface area contributed by atoms with Crippen LogP contribution in [0.5, 0.6) is 11.5 Å². The zero-order valence-electron chi connectivity index (χ0n) is 20.7. The molecule has 0 spiro atoms. The van der Waals surface area contributed by atoms with Crippen LogP contribution in [0.3, 0.4) is 0 Å². The molecular weight excluding hydrogens is 569 g/mol. The third-order valence-corrected chi connectivity index (χ3v) is 6.42. The molecule has 0 aliphatic carbocycles. The van der Waals surface area contributed by atoms with Crippen LogP contribution in [0.2, 0.25) is 0 Å². The van der Waals surface area contributed by atoms with Crippen molar-refractivity contribution in [1.82, 2.24) is 10.7 Å². The van der Waals surface area contributed by atoms with Gasteiger partial charge in [0.2, 0.25) is 5.91 Å². The molecule has 0 aromatic heterocycles. The Hall–Kier alpha value is -3.40. The number of rotatable bonds is 10. The highest BCUT2D eigenvalue weighted by Gasteiger charge is 2.29. The topological polar surface area (TPSA) is 89.0 Å². The maximum Gasteiger partial charge on any atom is 0.262 e. The van der Waals surface area contributed by atoms with Crippen molar-refractivity contribution in [2.24, 2.45) is 11.0 Å². The first-order valence-electron chi connectivity index (χ1n) is 11.5. The quantitative estimate of drug-likeness (QED) is 0.201. The Labute approximate surface area is 225 Å². The summed E-state index contributed by atoms with van der Waals surface area (Å²) in [5.41, 5.74) is 5.00. The number of nitrogens with zero attached hydrogens (tertiary/aromatic N) is 1. The van der Waals surface area contributed by atoms with Crippen molar-refractivity contribution in [3.63, 3.8) is 0 Å². The van der Waals surface area contributed by atoms with Crippen molar-refractivity contribution in [3.8, 4) is 11.5 Å². The number of amides is 2. The van der Waals surface area contributed by atoms with Crippen LogP contribution >= 0.6 is 22.6 Å². The summed E-state index contributed by atoms with van der Waals surface area (Å²) < 4.78 is 11.6. The fourth-order valence-electron chi connectivity index (χ4n) is 3.81. The lowest BCUT2D eigenvalue weighted by Gasteiger charge is -2.24. The van der Waals surface area contributed by atoms with E-state index < -0.39 is 17.9 Å². The molecule has 0 radical (unpaired) electrons. The maximum absolute atomic E-state index is 13.5. The molecule has 8 heteroatoms. The van der Waals surface area contributed by atoms with Gasteiger partial charge in [-0.1, -0.05) is 74.5 Å². The van der Waals surface area contributed by atoms with Gasteiger partial charge in [0.25, 0.3) is 5.91 Å². The highest BCUT2D eigenvalue weighted by atomic mass is 127. The lowest BCUT2D eigenvalue weighted by Crippen LogP contribution is -2.50. The van der Waals surface area contributed by atoms with Crippen molar-refractivity contribution in [2.45, 2.75) is 25.8 Å². The van der Waals surface area contributed by atoms with E-state index in [0.717, 1.165) is 20.3 Å². The smallest absolute Gasteiger partial charge is 0.262 e. The molecule has 0 saturated heterocycles. The summed E-state index contributed by atoms with van der Waals surface area (Å²) in [6.07, 6.45) is 1.53. The van der Waals surface area contributed by atoms with E-state index in [1.54, 1.807) is 20.3 Å². The predicted octanol–water partition coefficient (Wildman–Crippen LogP) is 4.73. The fraction of sp³-hybridized carbons (Fsp3) is 0.250. The first kappa shape index (κ1) is 27.2. The molecule has 3 aromatic rings. The van der Waals surface area contributed by atoms with Crippen molar-refractivity contribution >= 4 is 40.6 Å². The van der Waals surface area contributed by atoms with E-state index in [1.165, 1.54) is 6.21 Å². The van der Waals surface area contributed by atoms with E-state index in [2.05, 4.69) is 38.4 Å². The van der Waals surface area contributed by atoms with Crippen LogP contribution in [0.25, 0.3) is 0 Å². The number of ether oxygens (including phenoxy) is 2. The molecule has 36 heavy (non-hydrogen) atoms. The Bertz CT molecular complexity index is 1160. The minimum absolute atomic E-state index is 0.154. The lowest BCUT2D eigenvalue weighted by molar-refractivity contribution is -0.130. The van der Waals surface area contributed by atoms with Crippen LogP contribution in [0, 0.1) is 9.49 Å². The van der Waals surface area contributed by atoms with E-state index in [0.29, 0.717) is 11.5 Å². The van der Waals surface area contributed by atoms with Gasteiger partial charge in [-0.15, -0.1) is 0 Å². The molecule has 3 rings (SSSR count). The monoisotopic (exact) mass is 599 g/mol. The summed E-state index contributed by atoms with van der Waals surface area (Å²) in [5, 5.41) is 7.05. The molecular formula is C28H30IN3O4. The van der Waals surface area contributed by atoms with Gasteiger partial charge in [0.15, 0.2) is 11.5 Å². The second-order valence-corrected chi connectivity index (χ2v) is 9.62. The number of halogens is 1. The highest BCUT2D eigenvalue weighted by molar-refractivity contribution is 14.1. The molecule has 0 heterocycles. The summed E-state index contributed by atoms with van der Waals surface area (Å²) >= 11 is 2.15. The number of hydrazone groups is 1. The van der Waals surface area contributed by atoms with Crippen molar-refractivity contribution in [3.05, 3.63) is 93.1 Å². The Morgan fingerprint density at radius 3 is 1.97 bits per heavy atom. The van der Waals surface area contributed by atoms with Crippen molar-refractivity contribution in [1.29, 1.82) is 0 Å². The van der Waals surface area contributed by atoms with E-state index >= 15 is 0 Å². The van der Waals surface area contributed by atoms with Gasteiger partial charge < -0.3 is 14.8 Å². The minimum Gasteiger partial charge on any atom is -0.493 e. The Balaban J connectivity index is 1.76. The molecule has 0 bridgehead atoms. The largest absolute Gasteiger partial charge is 0.493 e. The summed E-state index contributed by atoms with van der Waals surface area (Å²) in [4.78, 5) is 26.5. The minimum atomic E-state index is -0.768. The van der Waals surface area contributed by atoms with Crippen LogP contribution in [-0.4, -0.2) is 38.3 Å². The van der Waals surface area contributed by atoms with Gasteiger partial charge >= 0.3 is 0 Å². The molecule has 0 fully saturated rings. The number of hydrogen-bond acceptors (Lipinski definition) is 5. The predicted molar refractivity (Wildman–Crippen MR) is 149 cm³/mol. The van der Waals surface area contributed by atoms with Crippen LogP contribution in [0.15, 0.2) is 77.9 Å². The molecule has 0 unspecified atom stereocenters. The van der Waals surface area contributed by atoms with E-state index in [4.69, 9.17) is 9.47 Å². The second-order valence-electron chi connectivity index (χ2n) is 8.46. The zero-order valence-corrected chi connectivity index (χ0v) is 22.9. The Morgan fingerprint density at radius 2 is 1.47 bits per heavy atom. The van der Waals surface area contributed by atoms with Gasteiger partial charge in [0.1, 0.15) is 6.04 Å². The summed E-state index contributed by atoms with van der Waals surface area (Å²) in [6, 6.07) is 21.9. The van der Waals surface area contributed by atoms with Crippen molar-refractivity contribution < 1.29 is 19.1 Å². The van der Waals surface area contributed by atoms with Crippen LogP contribution in [0.1, 0.15) is 36.5 Å². The SMILES string of the molecule is COc1cc(/C=N\NC(=O)[C@H](NC(=O)C(c2ccccc2)c2ccccc2)C(C)C)cc(I)c1OC. The standard InChI is InChI=1S/C28H30IN3O4/c1-18(2)25(28(34)32-30-17-19-15-22(29)26(36-4)23(16-19)35-3)31-27(33)24(20-11-7-5-8-12-20)21-13-9-6-10-14-21/h5-18,24-25H,1-4H3,(H,31,33)(H,32,34)/b30-17-/t25-/m1/s1. The summed E-state index contributed by atoms with van der Waals surface area (Å²) in [6.45, 7) is 3.76. The maximum atomic E-state index is 13.5. The number of carbonyl (C=O) groups is 2. The lowest BCUT2D eigenvalue weighted by atomic mass is 9.89. The van der Waals surface area contributed by atoms with Crippen LogP contribution in [0.4, 0.5) is 0 Å². The number of benzene rings is 3. The molecule has 0 aliphatic heterocycles. The zero-order chi connectivity index (χ0) is 26.1. The molecule has 2 N–H and O–H groups in total. The van der Waals surface area contributed by atoms with Gasteiger partial charge in [-0.05, 0) is 57.3 Å². The third-order valence-electron chi connectivity index (χ3n) is 5.62. The summed E-state index contributed by atoms with van der Waals surface area (Å²) in [7, 11) is 3.14. The van der Waals surface area contributed by atoms with E-state index in [9.17, 15) is 9.59 Å². The first-order chi connectivity index (χ1) is 17.3. The Kier molecular flexibility index (Phi) is 9.86. The molecule has 0 saturated carbocycles. The summed E-state index contributed by atoms with van der Waals surface area (Å²) in [5.74, 6) is -0.146. The number of nitrogens with one attached hydrogen (secondary N) is 2. The molecule has 3 aromatic carbocycles. The average Bonchev–Trinajstić information content (AvgIpc) is 2.88. The van der Waals surface area contributed by atoms with Crippen LogP contribution in [-0.2, 0) is 9.59 Å². The second kappa shape index (κ2) is 13.1. The first-order valence-corrected chi connectivity index (χ1v) is 12.6.